The highest BCUT2D eigenvalue weighted by Gasteiger charge is 2.32. The molecule has 0 aromatic carbocycles. The summed E-state index contributed by atoms with van der Waals surface area (Å²) in [7, 11) is 2.05. The lowest BCUT2D eigenvalue weighted by atomic mass is 9.73. The van der Waals surface area contributed by atoms with Crippen molar-refractivity contribution in [3.05, 3.63) is 0 Å². The Morgan fingerprint density at radius 1 is 1.25 bits per heavy atom. The minimum atomic E-state index is 0.281. The number of hydrogen-bond donors (Lipinski definition) is 2. The lowest BCUT2D eigenvalue weighted by molar-refractivity contribution is 0.0939. The molecule has 0 unspecified atom stereocenters. The fourth-order valence-corrected chi connectivity index (χ4v) is 3.03. The van der Waals surface area contributed by atoms with Gasteiger partial charge in [0, 0.05) is 19.6 Å². The lowest BCUT2D eigenvalue weighted by Gasteiger charge is -2.41. The fourth-order valence-electron chi connectivity index (χ4n) is 3.03. The van der Waals surface area contributed by atoms with Gasteiger partial charge in [0.15, 0.2) is 0 Å². The molecule has 3 nitrogen and oxygen atoms in total. The Bertz CT molecular complexity index is 173. The smallest absolute Gasteiger partial charge is 0.0558 e. The fraction of sp³-hybridized carbons (Fsp3) is 1.00. The van der Waals surface area contributed by atoms with Gasteiger partial charge in [0.05, 0.1) is 6.61 Å². The second-order valence-corrected chi connectivity index (χ2v) is 5.18. The van der Waals surface area contributed by atoms with Gasteiger partial charge in [-0.3, -0.25) is 0 Å². The number of hydrogen-bond acceptors (Lipinski definition) is 3. The predicted octanol–water partition coefficient (Wildman–Crippen LogP) is 1.47. The van der Waals surface area contributed by atoms with E-state index < -0.39 is 0 Å². The largest absolute Gasteiger partial charge is 0.395 e. The van der Waals surface area contributed by atoms with Crippen LogP contribution in [-0.2, 0) is 0 Å². The van der Waals surface area contributed by atoms with Crippen molar-refractivity contribution in [1.29, 1.82) is 0 Å². The van der Waals surface area contributed by atoms with Crippen LogP contribution in [0.2, 0.25) is 0 Å². The molecule has 1 saturated carbocycles. The van der Waals surface area contributed by atoms with Crippen molar-refractivity contribution in [3.63, 3.8) is 0 Å². The minimum absolute atomic E-state index is 0.281. The van der Waals surface area contributed by atoms with E-state index in [2.05, 4.69) is 24.2 Å². The standard InChI is InChI=1S/C13H28N2O/c1-3-15(9-10-16)12-13(11-14-2)7-5-4-6-8-13/h14,16H,3-12H2,1-2H3. The van der Waals surface area contributed by atoms with Gasteiger partial charge in [-0.05, 0) is 31.8 Å². The number of rotatable bonds is 7. The third-order valence-corrected chi connectivity index (χ3v) is 3.89. The molecule has 0 heterocycles. The van der Waals surface area contributed by atoms with Crippen molar-refractivity contribution < 1.29 is 5.11 Å². The van der Waals surface area contributed by atoms with E-state index in [-0.39, 0.29) is 6.61 Å². The summed E-state index contributed by atoms with van der Waals surface area (Å²) in [6.45, 7) is 6.60. The second-order valence-electron chi connectivity index (χ2n) is 5.18. The zero-order chi connectivity index (χ0) is 11.9. The van der Waals surface area contributed by atoms with Crippen LogP contribution in [0.5, 0.6) is 0 Å². The quantitative estimate of drug-likeness (QED) is 0.693. The van der Waals surface area contributed by atoms with Gasteiger partial charge in [-0.15, -0.1) is 0 Å². The van der Waals surface area contributed by atoms with E-state index in [0.29, 0.717) is 5.41 Å². The molecule has 0 aliphatic heterocycles. The molecule has 96 valence electrons. The average molecular weight is 228 g/mol. The highest BCUT2D eigenvalue weighted by atomic mass is 16.3. The Morgan fingerprint density at radius 2 is 1.94 bits per heavy atom. The third kappa shape index (κ3) is 4.04. The molecular formula is C13H28N2O. The maximum atomic E-state index is 9.05. The first kappa shape index (κ1) is 13.9. The summed E-state index contributed by atoms with van der Waals surface area (Å²) < 4.78 is 0. The van der Waals surface area contributed by atoms with E-state index in [1.165, 1.54) is 32.1 Å². The molecule has 0 aromatic heterocycles. The van der Waals surface area contributed by atoms with Gasteiger partial charge in [-0.25, -0.2) is 0 Å². The average Bonchev–Trinajstić information content (AvgIpc) is 2.30. The Labute approximate surface area is 100 Å². The number of likely N-dealkylation sites (N-methyl/N-ethyl adjacent to an activating group) is 1. The van der Waals surface area contributed by atoms with E-state index in [1.807, 2.05) is 0 Å². The summed E-state index contributed by atoms with van der Waals surface area (Å²) in [5, 5.41) is 12.4. The second kappa shape index (κ2) is 7.25. The van der Waals surface area contributed by atoms with Crippen molar-refractivity contribution in [2.24, 2.45) is 5.41 Å². The normalized spacial score (nSPS) is 20.2. The van der Waals surface area contributed by atoms with Crippen LogP contribution < -0.4 is 5.32 Å². The summed E-state index contributed by atoms with van der Waals surface area (Å²) >= 11 is 0. The summed E-state index contributed by atoms with van der Waals surface area (Å²) in [5.41, 5.74) is 0.457. The number of aliphatic hydroxyl groups is 1. The van der Waals surface area contributed by atoms with Gasteiger partial charge in [0.25, 0.3) is 0 Å². The zero-order valence-electron chi connectivity index (χ0n) is 11.0. The summed E-state index contributed by atoms with van der Waals surface area (Å²) in [6.07, 6.45) is 6.83. The topological polar surface area (TPSA) is 35.5 Å². The van der Waals surface area contributed by atoms with Crippen molar-refractivity contribution in [1.82, 2.24) is 10.2 Å². The number of nitrogens with one attached hydrogen (secondary N) is 1. The van der Waals surface area contributed by atoms with Gasteiger partial charge >= 0.3 is 0 Å². The van der Waals surface area contributed by atoms with Crippen LogP contribution in [-0.4, -0.2) is 49.8 Å². The Kier molecular flexibility index (Phi) is 6.32. The van der Waals surface area contributed by atoms with E-state index >= 15 is 0 Å². The third-order valence-electron chi connectivity index (χ3n) is 3.89. The van der Waals surface area contributed by atoms with Crippen molar-refractivity contribution in [2.45, 2.75) is 39.0 Å². The molecule has 0 atom stereocenters. The van der Waals surface area contributed by atoms with Gasteiger partial charge in [-0.2, -0.15) is 0 Å². The van der Waals surface area contributed by atoms with E-state index in [0.717, 1.165) is 26.2 Å². The first-order valence-electron chi connectivity index (χ1n) is 6.74. The summed E-state index contributed by atoms with van der Waals surface area (Å²) in [4.78, 5) is 2.39. The van der Waals surface area contributed by atoms with Crippen LogP contribution in [0.4, 0.5) is 0 Å². The molecule has 16 heavy (non-hydrogen) atoms. The van der Waals surface area contributed by atoms with Crippen molar-refractivity contribution in [2.75, 3.05) is 39.8 Å². The highest BCUT2D eigenvalue weighted by molar-refractivity contribution is 4.87. The summed E-state index contributed by atoms with van der Waals surface area (Å²) in [5.74, 6) is 0. The molecule has 3 heteroatoms. The van der Waals surface area contributed by atoms with E-state index in [1.54, 1.807) is 0 Å². The molecule has 1 fully saturated rings. The van der Waals surface area contributed by atoms with E-state index in [4.69, 9.17) is 5.11 Å². The molecule has 1 aliphatic rings. The Hall–Kier alpha value is -0.120. The summed E-state index contributed by atoms with van der Waals surface area (Å²) in [6, 6.07) is 0. The number of nitrogens with zero attached hydrogens (tertiary/aromatic N) is 1. The monoisotopic (exact) mass is 228 g/mol. The Balaban J connectivity index is 2.53. The molecule has 0 aromatic rings. The highest BCUT2D eigenvalue weighted by Crippen LogP contribution is 2.36. The minimum Gasteiger partial charge on any atom is -0.395 e. The zero-order valence-corrected chi connectivity index (χ0v) is 11.0. The van der Waals surface area contributed by atoms with Crippen molar-refractivity contribution >= 4 is 0 Å². The van der Waals surface area contributed by atoms with Crippen LogP contribution in [0, 0.1) is 5.41 Å². The van der Waals surface area contributed by atoms with Crippen molar-refractivity contribution in [3.8, 4) is 0 Å². The maximum Gasteiger partial charge on any atom is 0.0558 e. The SMILES string of the molecule is CCN(CCO)CC1(CNC)CCCCC1. The maximum absolute atomic E-state index is 9.05. The molecule has 1 rings (SSSR count). The molecule has 1 aliphatic carbocycles. The molecule has 0 bridgehead atoms. The molecule has 2 N–H and O–H groups in total. The predicted molar refractivity (Wildman–Crippen MR) is 68.6 cm³/mol. The van der Waals surface area contributed by atoms with Gasteiger partial charge in [0.2, 0.25) is 0 Å². The van der Waals surface area contributed by atoms with Crippen LogP contribution in [0.25, 0.3) is 0 Å². The number of aliphatic hydroxyl groups excluding tert-OH is 1. The Morgan fingerprint density at radius 3 is 2.44 bits per heavy atom. The molecule has 0 spiro atoms. The lowest BCUT2D eigenvalue weighted by Crippen LogP contribution is -2.45. The molecule has 0 saturated heterocycles. The molecule has 0 amide bonds. The first-order chi connectivity index (χ1) is 7.76. The van der Waals surface area contributed by atoms with Gasteiger partial charge in [0.1, 0.15) is 0 Å². The van der Waals surface area contributed by atoms with Crippen LogP contribution in [0.3, 0.4) is 0 Å². The molecule has 0 radical (unpaired) electrons. The van der Waals surface area contributed by atoms with E-state index in [9.17, 15) is 0 Å². The van der Waals surface area contributed by atoms with Crippen LogP contribution in [0.15, 0.2) is 0 Å². The van der Waals surface area contributed by atoms with Crippen LogP contribution >= 0.6 is 0 Å². The van der Waals surface area contributed by atoms with Crippen LogP contribution in [0.1, 0.15) is 39.0 Å². The first-order valence-corrected chi connectivity index (χ1v) is 6.74. The van der Waals surface area contributed by atoms with Gasteiger partial charge in [-0.1, -0.05) is 26.2 Å². The van der Waals surface area contributed by atoms with Gasteiger partial charge < -0.3 is 15.3 Å². The molecular weight excluding hydrogens is 200 g/mol.